The zero-order valence-corrected chi connectivity index (χ0v) is 23.5. The number of hydrogen-bond acceptors (Lipinski definition) is 6. The molecule has 0 radical (unpaired) electrons. The fourth-order valence-electron chi connectivity index (χ4n) is 7.15. The van der Waals surface area contributed by atoms with E-state index in [9.17, 15) is 34.2 Å². The summed E-state index contributed by atoms with van der Waals surface area (Å²) >= 11 is 3.24. The Labute approximate surface area is 247 Å². The number of aromatic carboxylic acids is 1. The van der Waals surface area contributed by atoms with Crippen LogP contribution in [0, 0.1) is 17.8 Å². The van der Waals surface area contributed by atoms with Gasteiger partial charge in [-0.05, 0) is 69.9 Å². The summed E-state index contributed by atoms with van der Waals surface area (Å²) in [4.78, 5) is 67.4. The topological polar surface area (TPSA) is 129 Å². The predicted octanol–water partition coefficient (Wildman–Crippen LogP) is 5.21. The molecule has 4 atom stereocenters. The molecular weight excluding hydrogens is 602 g/mol. The van der Waals surface area contributed by atoms with Crippen LogP contribution in [0.5, 0.6) is 5.75 Å². The molecule has 2 N–H and O–H groups in total. The zero-order valence-electron chi connectivity index (χ0n) is 21.9. The van der Waals surface area contributed by atoms with Crippen LogP contribution in [0.15, 0.2) is 94.0 Å². The molecule has 3 aromatic carbocycles. The highest BCUT2D eigenvalue weighted by Crippen LogP contribution is 2.56. The maximum absolute atomic E-state index is 14.1. The average molecular weight is 624 g/mol. The van der Waals surface area contributed by atoms with Gasteiger partial charge in [-0.2, -0.15) is 0 Å². The van der Waals surface area contributed by atoms with Gasteiger partial charge in [-0.25, -0.2) is 4.79 Å². The van der Waals surface area contributed by atoms with Crippen molar-refractivity contribution in [1.29, 1.82) is 0 Å². The average Bonchev–Trinajstić information content (AvgIpc) is 3.25. The number of imide groups is 1. The lowest BCUT2D eigenvalue weighted by atomic mass is 9.59. The number of ketones is 2. The number of anilines is 1. The lowest BCUT2D eigenvalue weighted by molar-refractivity contribution is -0.123. The number of carbonyl (C=O) groups excluding carboxylic acids is 4. The minimum absolute atomic E-state index is 0.0449. The molecule has 8 nitrogen and oxygen atoms in total. The largest absolute Gasteiger partial charge is 0.507 e. The van der Waals surface area contributed by atoms with Crippen LogP contribution in [0.1, 0.15) is 34.7 Å². The number of amides is 2. The van der Waals surface area contributed by atoms with Crippen molar-refractivity contribution >= 4 is 61.7 Å². The normalized spacial score (nSPS) is 25.2. The van der Waals surface area contributed by atoms with Crippen molar-refractivity contribution in [2.24, 2.45) is 17.8 Å². The van der Waals surface area contributed by atoms with Crippen LogP contribution in [-0.2, 0) is 19.2 Å². The Morgan fingerprint density at radius 2 is 1.67 bits per heavy atom. The van der Waals surface area contributed by atoms with Crippen LogP contribution in [-0.4, -0.2) is 39.6 Å². The number of nitrogens with zero attached hydrogens (tertiary/aromatic N) is 1. The Hall–Kier alpha value is -4.63. The van der Waals surface area contributed by atoms with E-state index in [1.165, 1.54) is 30.3 Å². The van der Waals surface area contributed by atoms with Crippen LogP contribution >= 0.6 is 15.9 Å². The number of phenolic OH excluding ortho intramolecular Hbond substituents is 1. The molecule has 0 saturated carbocycles. The molecule has 42 heavy (non-hydrogen) atoms. The van der Waals surface area contributed by atoms with Gasteiger partial charge in [0, 0.05) is 28.5 Å². The van der Waals surface area contributed by atoms with Crippen molar-refractivity contribution in [2.75, 3.05) is 4.90 Å². The Kier molecular flexibility index (Phi) is 5.92. The van der Waals surface area contributed by atoms with E-state index in [2.05, 4.69) is 15.9 Å². The first kappa shape index (κ1) is 26.3. The summed E-state index contributed by atoms with van der Waals surface area (Å²) in [5.74, 6) is -5.28. The molecule has 0 aromatic heterocycles. The third kappa shape index (κ3) is 3.69. The number of rotatable bonds is 3. The van der Waals surface area contributed by atoms with Crippen LogP contribution in [0.3, 0.4) is 0 Å². The molecule has 0 spiro atoms. The molecule has 208 valence electrons. The highest BCUT2D eigenvalue weighted by molar-refractivity contribution is 9.12. The van der Waals surface area contributed by atoms with Gasteiger partial charge >= 0.3 is 5.97 Å². The SMILES string of the molecule is O=C1C=C(Br)C(=O)C2=C1C(c1ccc(O)c3ccccc13)C1=CCC3C(=O)N(c4cccc(C(=O)O)c4)C(=O)C3C1C2. The van der Waals surface area contributed by atoms with Gasteiger partial charge in [0.1, 0.15) is 5.75 Å². The van der Waals surface area contributed by atoms with Crippen molar-refractivity contribution in [3.8, 4) is 5.75 Å². The second kappa shape index (κ2) is 9.46. The van der Waals surface area contributed by atoms with Gasteiger partial charge in [-0.3, -0.25) is 24.1 Å². The molecule has 1 saturated heterocycles. The summed E-state index contributed by atoms with van der Waals surface area (Å²) in [7, 11) is 0. The van der Waals surface area contributed by atoms with Crippen molar-refractivity contribution in [2.45, 2.75) is 18.8 Å². The first-order valence-corrected chi connectivity index (χ1v) is 14.3. The van der Waals surface area contributed by atoms with Crippen LogP contribution in [0.25, 0.3) is 10.8 Å². The molecule has 3 aliphatic carbocycles. The summed E-state index contributed by atoms with van der Waals surface area (Å²) in [5, 5.41) is 21.4. The third-order valence-corrected chi connectivity index (χ3v) is 9.52. The highest BCUT2D eigenvalue weighted by atomic mass is 79.9. The number of hydrogen-bond donors (Lipinski definition) is 2. The molecule has 3 aromatic rings. The highest BCUT2D eigenvalue weighted by Gasteiger charge is 2.56. The molecule has 9 heteroatoms. The van der Waals surface area contributed by atoms with E-state index in [0.717, 1.165) is 16.0 Å². The second-order valence-corrected chi connectivity index (χ2v) is 11.8. The molecule has 1 fully saturated rings. The summed E-state index contributed by atoms with van der Waals surface area (Å²) < 4.78 is 0.140. The predicted molar refractivity (Wildman–Crippen MR) is 156 cm³/mol. The molecular formula is C33H22BrNO7. The third-order valence-electron chi connectivity index (χ3n) is 8.93. The number of carboxylic acids is 1. The Bertz CT molecular complexity index is 1900. The zero-order chi connectivity index (χ0) is 29.4. The quantitative estimate of drug-likeness (QED) is 0.233. The number of carbonyl (C=O) groups is 5. The number of halogens is 1. The second-order valence-electron chi connectivity index (χ2n) is 11.0. The van der Waals surface area contributed by atoms with E-state index < -0.39 is 41.5 Å². The number of phenols is 1. The molecule has 4 unspecified atom stereocenters. The summed E-state index contributed by atoms with van der Waals surface area (Å²) in [6.45, 7) is 0. The number of aromatic hydroxyl groups is 1. The van der Waals surface area contributed by atoms with Crippen molar-refractivity contribution in [1.82, 2.24) is 0 Å². The standard InChI is InChI=1S/C33H22BrNO7/c34-24-14-26(37)29-23(30(24)38)13-22-20(27(29)19-10-11-25(36)18-7-2-1-6-17(18)19)8-9-21-28(22)32(40)35(31(21)39)16-5-3-4-15(12-16)33(41)42/h1-8,10-12,14,21-22,27-28,36H,9,13H2,(H,41,42). The van der Waals surface area contributed by atoms with Crippen LogP contribution < -0.4 is 4.90 Å². The van der Waals surface area contributed by atoms with Gasteiger partial charge in [0.15, 0.2) is 11.6 Å². The van der Waals surface area contributed by atoms with Gasteiger partial charge in [0.05, 0.1) is 27.6 Å². The summed E-state index contributed by atoms with van der Waals surface area (Å²) in [6, 6.07) is 16.3. The van der Waals surface area contributed by atoms with E-state index in [1.807, 2.05) is 18.2 Å². The molecule has 2 amide bonds. The molecule has 4 aliphatic rings. The van der Waals surface area contributed by atoms with Crippen molar-refractivity contribution in [3.05, 3.63) is 105 Å². The number of benzene rings is 3. The Morgan fingerprint density at radius 3 is 2.43 bits per heavy atom. The van der Waals surface area contributed by atoms with Gasteiger partial charge < -0.3 is 10.2 Å². The molecule has 7 rings (SSSR count). The smallest absolute Gasteiger partial charge is 0.335 e. The lowest BCUT2D eigenvalue weighted by Crippen LogP contribution is -2.39. The number of Topliss-reactive ketones (excluding diaryl/α,β-unsaturated/α-hetero) is 1. The Morgan fingerprint density at radius 1 is 0.905 bits per heavy atom. The van der Waals surface area contributed by atoms with Gasteiger partial charge in [-0.1, -0.05) is 48.0 Å². The van der Waals surface area contributed by atoms with E-state index >= 15 is 0 Å². The van der Waals surface area contributed by atoms with E-state index in [1.54, 1.807) is 24.3 Å². The maximum atomic E-state index is 14.1. The fourth-order valence-corrected chi connectivity index (χ4v) is 7.60. The van der Waals surface area contributed by atoms with Crippen LogP contribution in [0.2, 0.25) is 0 Å². The minimum atomic E-state index is -1.17. The molecule has 1 heterocycles. The summed E-state index contributed by atoms with van der Waals surface area (Å²) in [5.41, 5.74) is 2.32. The monoisotopic (exact) mass is 623 g/mol. The first-order chi connectivity index (χ1) is 20.2. The Balaban J connectivity index is 1.40. The number of fused-ring (bicyclic) bond motifs is 4. The summed E-state index contributed by atoms with van der Waals surface area (Å²) in [6.07, 6.45) is 3.58. The van der Waals surface area contributed by atoms with Gasteiger partial charge in [-0.15, -0.1) is 0 Å². The number of allylic oxidation sites excluding steroid dienone is 6. The lowest BCUT2D eigenvalue weighted by Gasteiger charge is -2.42. The maximum Gasteiger partial charge on any atom is 0.335 e. The van der Waals surface area contributed by atoms with Crippen LogP contribution in [0.4, 0.5) is 5.69 Å². The van der Waals surface area contributed by atoms with Crippen molar-refractivity contribution < 1.29 is 34.2 Å². The van der Waals surface area contributed by atoms with E-state index in [0.29, 0.717) is 21.9 Å². The van der Waals surface area contributed by atoms with Crippen molar-refractivity contribution in [3.63, 3.8) is 0 Å². The molecule has 1 aliphatic heterocycles. The molecule has 0 bridgehead atoms. The fraction of sp³-hybridized carbons (Fsp3) is 0.182. The van der Waals surface area contributed by atoms with E-state index in [-0.39, 0.29) is 45.9 Å². The number of carboxylic acid groups (broad SMARTS) is 1. The minimum Gasteiger partial charge on any atom is -0.507 e. The van der Waals surface area contributed by atoms with E-state index in [4.69, 9.17) is 0 Å². The van der Waals surface area contributed by atoms with Gasteiger partial charge in [0.2, 0.25) is 11.8 Å². The first-order valence-electron chi connectivity index (χ1n) is 13.5. The van der Waals surface area contributed by atoms with Gasteiger partial charge in [0.25, 0.3) is 0 Å².